The lowest BCUT2D eigenvalue weighted by Gasteiger charge is -2.14. The van der Waals surface area contributed by atoms with E-state index in [0.29, 0.717) is 35.2 Å². The maximum Gasteiger partial charge on any atom is 0.324 e. The van der Waals surface area contributed by atoms with Gasteiger partial charge in [-0.2, -0.15) is 5.10 Å². The van der Waals surface area contributed by atoms with E-state index >= 15 is 0 Å². The van der Waals surface area contributed by atoms with Gasteiger partial charge in [0.1, 0.15) is 28.8 Å². The molecule has 0 unspecified atom stereocenters. The van der Waals surface area contributed by atoms with E-state index in [4.69, 9.17) is 4.74 Å². The Labute approximate surface area is 220 Å². The molecular formula is C28H30N6O4. The van der Waals surface area contributed by atoms with Crippen molar-refractivity contribution in [2.24, 2.45) is 0 Å². The first-order valence-electron chi connectivity index (χ1n) is 12.1. The molecule has 38 heavy (non-hydrogen) atoms. The first-order valence-corrected chi connectivity index (χ1v) is 12.1. The summed E-state index contributed by atoms with van der Waals surface area (Å²) in [5.41, 5.74) is 1.96. The minimum absolute atomic E-state index is 0.0974. The van der Waals surface area contributed by atoms with Gasteiger partial charge >= 0.3 is 6.03 Å². The summed E-state index contributed by atoms with van der Waals surface area (Å²) in [7, 11) is 0. The number of ether oxygens (including phenoxy) is 1. The van der Waals surface area contributed by atoms with E-state index in [-0.39, 0.29) is 22.8 Å². The lowest BCUT2D eigenvalue weighted by molar-refractivity contribution is 0.0950. The number of rotatable bonds is 7. The van der Waals surface area contributed by atoms with Crippen molar-refractivity contribution < 1.29 is 19.4 Å². The largest absolute Gasteiger partial charge is 0.508 e. The highest BCUT2D eigenvalue weighted by Crippen LogP contribution is 2.28. The number of hydrogen-bond donors (Lipinski definition) is 4. The zero-order valence-electron chi connectivity index (χ0n) is 21.6. The molecular weight excluding hydrogens is 484 g/mol. The molecule has 2 aromatic heterocycles. The fraction of sp³-hybridized carbons (Fsp3) is 0.214. The molecule has 4 N–H and O–H groups in total. The average molecular weight is 515 g/mol. The molecule has 0 aliphatic carbocycles. The van der Waals surface area contributed by atoms with Crippen LogP contribution >= 0.6 is 0 Å². The number of nitrogens with one attached hydrogen (secondary N) is 3. The molecule has 4 rings (SSSR count). The second kappa shape index (κ2) is 11.0. The number of phenols is 1. The molecule has 196 valence electrons. The summed E-state index contributed by atoms with van der Waals surface area (Å²) in [6.45, 7) is 8.43. The molecule has 10 heteroatoms. The molecule has 10 nitrogen and oxygen atoms in total. The van der Waals surface area contributed by atoms with Crippen LogP contribution in [0.1, 0.15) is 43.9 Å². The number of urea groups is 1. The molecule has 0 radical (unpaired) electrons. The fourth-order valence-electron chi connectivity index (χ4n) is 3.53. The van der Waals surface area contributed by atoms with Gasteiger partial charge in [0.15, 0.2) is 0 Å². The molecule has 0 spiro atoms. The van der Waals surface area contributed by atoms with Crippen molar-refractivity contribution >= 4 is 23.4 Å². The number of carbonyl (C=O) groups excluding carboxylic acids is 2. The number of nitrogens with zero attached hydrogens (tertiary/aromatic N) is 3. The summed E-state index contributed by atoms with van der Waals surface area (Å²) in [4.78, 5) is 28.9. The van der Waals surface area contributed by atoms with E-state index in [1.807, 2.05) is 33.8 Å². The Bertz CT molecular complexity index is 1440. The number of phenolic OH excluding ortho intramolecular Hbond substituents is 1. The average Bonchev–Trinajstić information content (AvgIpc) is 3.30. The van der Waals surface area contributed by atoms with Crippen LogP contribution in [0.4, 0.5) is 16.3 Å². The number of benzene rings is 2. The first-order chi connectivity index (χ1) is 18.1. The van der Waals surface area contributed by atoms with E-state index in [1.165, 1.54) is 6.20 Å². The maximum atomic E-state index is 12.8. The first kappa shape index (κ1) is 26.2. The van der Waals surface area contributed by atoms with Gasteiger partial charge in [0.25, 0.3) is 5.91 Å². The molecule has 4 aromatic rings. The Morgan fingerprint density at radius 1 is 0.974 bits per heavy atom. The van der Waals surface area contributed by atoms with Crippen molar-refractivity contribution in [2.45, 2.75) is 33.1 Å². The Balaban J connectivity index is 1.45. The summed E-state index contributed by atoms with van der Waals surface area (Å²) in [5, 5.41) is 22.9. The zero-order chi connectivity index (χ0) is 27.3. The van der Waals surface area contributed by atoms with Gasteiger partial charge in [-0.25, -0.2) is 9.48 Å². The van der Waals surface area contributed by atoms with Crippen LogP contribution in [-0.4, -0.2) is 38.4 Å². The number of hydrogen-bond acceptors (Lipinski definition) is 6. The normalized spacial score (nSPS) is 11.1. The molecule has 2 aromatic carbocycles. The van der Waals surface area contributed by atoms with Gasteiger partial charge in [-0.1, -0.05) is 26.8 Å². The number of aromatic hydroxyl groups is 1. The Morgan fingerprint density at radius 2 is 1.74 bits per heavy atom. The third-order valence-corrected chi connectivity index (χ3v) is 5.44. The number of anilines is 2. The maximum absolute atomic E-state index is 12.8. The Kier molecular flexibility index (Phi) is 7.61. The lowest BCUT2D eigenvalue weighted by Crippen LogP contribution is -2.23. The number of amides is 3. The lowest BCUT2D eigenvalue weighted by atomic mass is 9.92. The van der Waals surface area contributed by atoms with Gasteiger partial charge in [0.2, 0.25) is 0 Å². The van der Waals surface area contributed by atoms with Gasteiger partial charge in [-0.3, -0.25) is 15.1 Å². The quantitative estimate of drug-likeness (QED) is 0.259. The van der Waals surface area contributed by atoms with Crippen molar-refractivity contribution in [3.8, 4) is 22.9 Å². The molecule has 0 atom stereocenters. The van der Waals surface area contributed by atoms with Gasteiger partial charge in [-0.05, 0) is 49.4 Å². The number of carbonyl (C=O) groups is 2. The predicted octanol–water partition coefficient (Wildman–Crippen LogP) is 5.46. The van der Waals surface area contributed by atoms with Gasteiger partial charge < -0.3 is 20.5 Å². The van der Waals surface area contributed by atoms with Crippen molar-refractivity contribution in [3.63, 3.8) is 0 Å². The monoisotopic (exact) mass is 514 g/mol. The molecule has 3 amide bonds. The standard InChI is InChI=1S/C28H30N6O4/c1-5-29-26(36)23-16-22(13-14-30-23)38-21-11-9-18(10-12-21)31-27(37)32-25-17-24(28(2,3)4)33-34(25)19-7-6-8-20(35)15-19/h6-17,35H,5H2,1-4H3,(H,29,36)(H2,31,32,37). The van der Waals surface area contributed by atoms with Gasteiger partial charge in [-0.15, -0.1) is 0 Å². The molecule has 0 saturated heterocycles. The minimum Gasteiger partial charge on any atom is -0.508 e. The fourth-order valence-corrected chi connectivity index (χ4v) is 3.53. The summed E-state index contributed by atoms with van der Waals surface area (Å²) in [6, 6.07) is 18.0. The molecule has 0 bridgehead atoms. The summed E-state index contributed by atoms with van der Waals surface area (Å²) in [6.07, 6.45) is 1.51. The molecule has 0 aliphatic heterocycles. The van der Waals surface area contributed by atoms with Crippen LogP contribution in [0.2, 0.25) is 0 Å². The van der Waals surface area contributed by atoms with Crippen LogP contribution in [0.3, 0.4) is 0 Å². The second-order valence-electron chi connectivity index (χ2n) is 9.54. The minimum atomic E-state index is -0.457. The van der Waals surface area contributed by atoms with Crippen LogP contribution in [0.25, 0.3) is 5.69 Å². The summed E-state index contributed by atoms with van der Waals surface area (Å²) < 4.78 is 7.42. The second-order valence-corrected chi connectivity index (χ2v) is 9.54. The van der Waals surface area contributed by atoms with Gasteiger partial charge in [0, 0.05) is 42.0 Å². The molecule has 2 heterocycles. The Hall–Kier alpha value is -4.86. The van der Waals surface area contributed by atoms with Crippen molar-refractivity contribution in [2.75, 3.05) is 17.2 Å². The smallest absolute Gasteiger partial charge is 0.324 e. The predicted molar refractivity (Wildman–Crippen MR) is 145 cm³/mol. The van der Waals surface area contributed by atoms with Crippen LogP contribution in [0.15, 0.2) is 72.9 Å². The highest BCUT2D eigenvalue weighted by Gasteiger charge is 2.21. The number of pyridine rings is 1. The zero-order valence-corrected chi connectivity index (χ0v) is 21.6. The van der Waals surface area contributed by atoms with E-state index in [2.05, 4.69) is 26.0 Å². The van der Waals surface area contributed by atoms with Crippen LogP contribution in [0.5, 0.6) is 17.2 Å². The molecule has 0 saturated carbocycles. The SMILES string of the molecule is CCNC(=O)c1cc(Oc2ccc(NC(=O)Nc3cc(C(C)(C)C)nn3-c3cccc(O)c3)cc2)ccn1. The van der Waals surface area contributed by atoms with Gasteiger partial charge in [0.05, 0.1) is 11.4 Å². The highest BCUT2D eigenvalue weighted by molar-refractivity contribution is 5.99. The molecule has 0 aliphatic rings. The third-order valence-electron chi connectivity index (χ3n) is 5.44. The molecule has 0 fully saturated rings. The van der Waals surface area contributed by atoms with Crippen LogP contribution in [-0.2, 0) is 5.41 Å². The van der Waals surface area contributed by atoms with E-state index in [0.717, 1.165) is 5.69 Å². The van der Waals surface area contributed by atoms with Crippen molar-refractivity contribution in [1.29, 1.82) is 0 Å². The van der Waals surface area contributed by atoms with E-state index in [9.17, 15) is 14.7 Å². The van der Waals surface area contributed by atoms with Crippen molar-refractivity contribution in [3.05, 3.63) is 84.3 Å². The van der Waals surface area contributed by atoms with E-state index in [1.54, 1.807) is 65.3 Å². The third kappa shape index (κ3) is 6.47. The number of aromatic nitrogens is 3. The van der Waals surface area contributed by atoms with Crippen molar-refractivity contribution in [1.82, 2.24) is 20.1 Å². The summed E-state index contributed by atoms with van der Waals surface area (Å²) in [5.74, 6) is 1.28. The summed E-state index contributed by atoms with van der Waals surface area (Å²) >= 11 is 0. The van der Waals surface area contributed by atoms with Crippen LogP contribution < -0.4 is 20.7 Å². The van der Waals surface area contributed by atoms with Crippen LogP contribution in [0, 0.1) is 0 Å². The Morgan fingerprint density at radius 3 is 2.42 bits per heavy atom. The topological polar surface area (TPSA) is 130 Å². The van der Waals surface area contributed by atoms with E-state index < -0.39 is 6.03 Å². The highest BCUT2D eigenvalue weighted by atomic mass is 16.5.